The molecule has 1 heterocycles. The van der Waals surface area contributed by atoms with Gasteiger partial charge in [-0.15, -0.1) is 12.4 Å². The van der Waals surface area contributed by atoms with E-state index in [0.717, 1.165) is 41.5 Å². The normalized spacial score (nSPS) is 17.5. The van der Waals surface area contributed by atoms with Gasteiger partial charge in [-0.05, 0) is 56.4 Å². The number of hydrogen-bond acceptors (Lipinski definition) is 2. The Hall–Kier alpha value is -0.580. The maximum absolute atomic E-state index is 12.5. The SMILES string of the molecule is Cc1cc(Br)cc(C(=O)N2CCC(C(C)N)CC2)c1.Cl. The number of carbonyl (C=O) groups is 1. The van der Waals surface area contributed by atoms with Crippen molar-refractivity contribution in [2.45, 2.75) is 32.7 Å². The number of halogens is 2. The molecular formula is C15H22BrClN2O. The van der Waals surface area contributed by atoms with Crippen molar-refractivity contribution in [3.63, 3.8) is 0 Å². The number of piperidine rings is 1. The van der Waals surface area contributed by atoms with Crippen molar-refractivity contribution in [1.29, 1.82) is 0 Å². The van der Waals surface area contributed by atoms with Crippen molar-refractivity contribution in [1.82, 2.24) is 4.90 Å². The topological polar surface area (TPSA) is 46.3 Å². The quantitative estimate of drug-likeness (QED) is 0.878. The molecule has 0 bridgehead atoms. The summed E-state index contributed by atoms with van der Waals surface area (Å²) in [5.41, 5.74) is 7.80. The summed E-state index contributed by atoms with van der Waals surface area (Å²) < 4.78 is 0.960. The summed E-state index contributed by atoms with van der Waals surface area (Å²) in [5.74, 6) is 0.681. The minimum atomic E-state index is 0. The van der Waals surface area contributed by atoms with E-state index in [4.69, 9.17) is 5.73 Å². The Morgan fingerprint density at radius 1 is 1.35 bits per heavy atom. The Labute approximate surface area is 135 Å². The third kappa shape index (κ3) is 4.21. The minimum absolute atomic E-state index is 0. The fraction of sp³-hybridized carbons (Fsp3) is 0.533. The van der Waals surface area contributed by atoms with E-state index in [2.05, 4.69) is 22.9 Å². The Kier molecular flexibility index (Phi) is 6.49. The fourth-order valence-corrected chi connectivity index (χ4v) is 3.28. The molecule has 1 unspecified atom stereocenters. The molecule has 1 aromatic carbocycles. The van der Waals surface area contributed by atoms with E-state index in [1.165, 1.54) is 0 Å². The molecule has 112 valence electrons. The molecule has 5 heteroatoms. The molecule has 20 heavy (non-hydrogen) atoms. The predicted molar refractivity (Wildman–Crippen MR) is 88.4 cm³/mol. The van der Waals surface area contributed by atoms with Gasteiger partial charge in [0.25, 0.3) is 5.91 Å². The second kappa shape index (κ2) is 7.43. The van der Waals surface area contributed by atoms with Crippen molar-refractivity contribution in [2.24, 2.45) is 11.7 Å². The lowest BCUT2D eigenvalue weighted by molar-refractivity contribution is 0.0681. The van der Waals surface area contributed by atoms with Crippen molar-refractivity contribution >= 4 is 34.2 Å². The molecule has 1 fully saturated rings. The lowest BCUT2D eigenvalue weighted by Crippen LogP contribution is -2.42. The maximum atomic E-state index is 12.5. The van der Waals surface area contributed by atoms with Crippen LogP contribution in [0.25, 0.3) is 0 Å². The smallest absolute Gasteiger partial charge is 0.253 e. The molecule has 1 saturated heterocycles. The van der Waals surface area contributed by atoms with Crippen LogP contribution in [-0.2, 0) is 0 Å². The molecule has 1 atom stereocenters. The molecule has 2 N–H and O–H groups in total. The Balaban J connectivity index is 0.00000200. The first-order valence-electron chi connectivity index (χ1n) is 6.79. The minimum Gasteiger partial charge on any atom is -0.339 e. The summed E-state index contributed by atoms with van der Waals surface area (Å²) in [6.45, 7) is 5.69. The van der Waals surface area contributed by atoms with Crippen molar-refractivity contribution in [3.8, 4) is 0 Å². The molecule has 0 aromatic heterocycles. The van der Waals surface area contributed by atoms with Gasteiger partial charge in [-0.25, -0.2) is 0 Å². The molecule has 2 rings (SSSR count). The van der Waals surface area contributed by atoms with Gasteiger partial charge in [0, 0.05) is 29.2 Å². The highest BCUT2D eigenvalue weighted by Gasteiger charge is 2.25. The van der Waals surface area contributed by atoms with Gasteiger partial charge in [-0.3, -0.25) is 4.79 Å². The lowest BCUT2D eigenvalue weighted by Gasteiger charge is -2.33. The van der Waals surface area contributed by atoms with Gasteiger partial charge in [0.1, 0.15) is 0 Å². The van der Waals surface area contributed by atoms with Crippen molar-refractivity contribution < 1.29 is 4.79 Å². The highest BCUT2D eigenvalue weighted by molar-refractivity contribution is 9.10. The van der Waals surface area contributed by atoms with Crippen LogP contribution in [0, 0.1) is 12.8 Å². The summed E-state index contributed by atoms with van der Waals surface area (Å²) in [4.78, 5) is 14.4. The molecule has 1 aromatic rings. The summed E-state index contributed by atoms with van der Waals surface area (Å²) in [7, 11) is 0. The van der Waals surface area contributed by atoms with Gasteiger partial charge in [0.15, 0.2) is 0 Å². The fourth-order valence-electron chi connectivity index (χ4n) is 2.67. The Morgan fingerprint density at radius 2 is 1.95 bits per heavy atom. The molecule has 0 radical (unpaired) electrons. The molecule has 1 aliphatic rings. The number of nitrogens with two attached hydrogens (primary N) is 1. The molecular weight excluding hydrogens is 340 g/mol. The third-order valence-electron chi connectivity index (χ3n) is 3.86. The van der Waals surface area contributed by atoms with Crippen LogP contribution < -0.4 is 5.73 Å². The van der Waals surface area contributed by atoms with Crippen LogP contribution in [0.5, 0.6) is 0 Å². The average molecular weight is 362 g/mol. The van der Waals surface area contributed by atoms with Crippen LogP contribution >= 0.6 is 28.3 Å². The molecule has 0 aliphatic carbocycles. The number of carbonyl (C=O) groups excluding carboxylic acids is 1. The lowest BCUT2D eigenvalue weighted by atomic mass is 9.90. The number of hydrogen-bond donors (Lipinski definition) is 1. The average Bonchev–Trinajstić information content (AvgIpc) is 2.37. The van der Waals surface area contributed by atoms with E-state index in [1.54, 1.807) is 0 Å². The molecule has 1 amide bonds. The third-order valence-corrected chi connectivity index (χ3v) is 4.32. The zero-order chi connectivity index (χ0) is 14.0. The predicted octanol–water partition coefficient (Wildman–Crippen LogP) is 3.38. The van der Waals surface area contributed by atoms with Gasteiger partial charge in [0.05, 0.1) is 0 Å². The number of rotatable bonds is 2. The molecule has 3 nitrogen and oxygen atoms in total. The summed E-state index contributed by atoms with van der Waals surface area (Å²) in [6.07, 6.45) is 2.02. The van der Waals surface area contributed by atoms with Crippen LogP contribution in [-0.4, -0.2) is 29.9 Å². The Bertz CT molecular complexity index is 451. The summed E-state index contributed by atoms with van der Waals surface area (Å²) in [5, 5.41) is 0. The molecule has 0 spiro atoms. The van der Waals surface area contributed by atoms with Crippen LogP contribution in [0.1, 0.15) is 35.7 Å². The largest absolute Gasteiger partial charge is 0.339 e. The summed E-state index contributed by atoms with van der Waals surface area (Å²) in [6, 6.07) is 6.09. The molecule has 1 aliphatic heterocycles. The Morgan fingerprint density at radius 3 is 2.45 bits per heavy atom. The van der Waals surface area contributed by atoms with Crippen molar-refractivity contribution in [3.05, 3.63) is 33.8 Å². The van der Waals surface area contributed by atoms with E-state index < -0.39 is 0 Å². The zero-order valence-electron chi connectivity index (χ0n) is 11.9. The second-order valence-electron chi connectivity index (χ2n) is 5.51. The number of aryl methyl sites for hydroxylation is 1. The number of likely N-dealkylation sites (tertiary alicyclic amines) is 1. The van der Waals surface area contributed by atoms with Gasteiger partial charge in [-0.2, -0.15) is 0 Å². The van der Waals surface area contributed by atoms with Crippen LogP contribution in [0.3, 0.4) is 0 Å². The first kappa shape index (κ1) is 17.5. The monoisotopic (exact) mass is 360 g/mol. The number of nitrogens with zero attached hydrogens (tertiary/aromatic N) is 1. The maximum Gasteiger partial charge on any atom is 0.253 e. The zero-order valence-corrected chi connectivity index (χ0v) is 14.3. The van der Waals surface area contributed by atoms with E-state index in [1.807, 2.05) is 30.0 Å². The first-order chi connectivity index (χ1) is 8.97. The van der Waals surface area contributed by atoms with E-state index in [0.29, 0.717) is 5.92 Å². The highest BCUT2D eigenvalue weighted by Crippen LogP contribution is 2.22. The number of amides is 1. The van der Waals surface area contributed by atoms with E-state index in [9.17, 15) is 4.79 Å². The molecule has 0 saturated carbocycles. The van der Waals surface area contributed by atoms with Crippen LogP contribution in [0.4, 0.5) is 0 Å². The van der Waals surface area contributed by atoms with Crippen LogP contribution in [0.2, 0.25) is 0 Å². The van der Waals surface area contributed by atoms with Gasteiger partial charge < -0.3 is 10.6 Å². The van der Waals surface area contributed by atoms with Crippen LogP contribution in [0.15, 0.2) is 22.7 Å². The van der Waals surface area contributed by atoms with E-state index in [-0.39, 0.29) is 24.4 Å². The summed E-state index contributed by atoms with van der Waals surface area (Å²) >= 11 is 3.45. The first-order valence-corrected chi connectivity index (χ1v) is 7.58. The highest BCUT2D eigenvalue weighted by atomic mass is 79.9. The van der Waals surface area contributed by atoms with Gasteiger partial charge in [0.2, 0.25) is 0 Å². The van der Waals surface area contributed by atoms with Gasteiger partial charge in [-0.1, -0.05) is 15.9 Å². The van der Waals surface area contributed by atoms with Gasteiger partial charge >= 0.3 is 0 Å². The standard InChI is InChI=1S/C15H21BrN2O.ClH/c1-10-7-13(9-14(16)8-10)15(19)18-5-3-12(4-6-18)11(2)17;/h7-9,11-12H,3-6,17H2,1-2H3;1H. The van der Waals surface area contributed by atoms with Crippen molar-refractivity contribution in [2.75, 3.05) is 13.1 Å². The number of benzene rings is 1. The second-order valence-corrected chi connectivity index (χ2v) is 6.42. The van der Waals surface area contributed by atoms with E-state index >= 15 is 0 Å².